The molecule has 1 aliphatic heterocycles. The number of hydrogen-bond acceptors (Lipinski definition) is 5. The van der Waals surface area contributed by atoms with Crippen LogP contribution in [0.4, 0.5) is 0 Å². The van der Waals surface area contributed by atoms with E-state index in [1.165, 1.54) is 64.2 Å². The molecule has 0 bridgehead atoms. The molecule has 0 amide bonds. The number of carboxylic acid groups (broad SMARTS) is 1. The Balaban J connectivity index is 0.00000122. The van der Waals surface area contributed by atoms with Crippen LogP contribution in [0.1, 0.15) is 83.0 Å². The van der Waals surface area contributed by atoms with Crippen LogP contribution in [-0.4, -0.2) is 46.7 Å². The molecular formula is C22H38N2O4. The number of hydrogen-bond donors (Lipinski definition) is 2. The number of aliphatic hydroxyl groups excluding tert-OH is 1. The van der Waals surface area contributed by atoms with E-state index < -0.39 is 6.10 Å². The van der Waals surface area contributed by atoms with Crippen molar-refractivity contribution in [2.45, 2.75) is 77.2 Å². The maximum Gasteiger partial charge on any atom is 0.290 e. The molecule has 0 fully saturated rings. The van der Waals surface area contributed by atoms with E-state index in [1.807, 2.05) is 25.4 Å². The summed E-state index contributed by atoms with van der Waals surface area (Å²) in [5, 5.41) is 17.4. The second-order valence-corrected chi connectivity index (χ2v) is 7.42. The molecular weight excluding hydrogens is 356 g/mol. The van der Waals surface area contributed by atoms with Crippen LogP contribution in [0, 0.1) is 0 Å². The van der Waals surface area contributed by atoms with Gasteiger partial charge in [-0.3, -0.25) is 4.79 Å². The second-order valence-electron chi connectivity index (χ2n) is 7.42. The Hall–Kier alpha value is -1.95. The highest BCUT2D eigenvalue weighted by Crippen LogP contribution is 2.29. The van der Waals surface area contributed by atoms with E-state index in [0.29, 0.717) is 5.76 Å². The van der Waals surface area contributed by atoms with Crippen LogP contribution >= 0.6 is 0 Å². The van der Waals surface area contributed by atoms with Gasteiger partial charge in [0.2, 0.25) is 0 Å². The fourth-order valence-corrected chi connectivity index (χ4v) is 3.53. The third-order valence-corrected chi connectivity index (χ3v) is 4.99. The summed E-state index contributed by atoms with van der Waals surface area (Å²) in [7, 11) is 2.05. The lowest BCUT2D eigenvalue weighted by Gasteiger charge is -2.24. The van der Waals surface area contributed by atoms with Crippen molar-refractivity contribution in [2.75, 3.05) is 20.3 Å². The Bertz CT molecular complexity index is 531. The standard InChI is InChI=1S/C21H36N2O2.CH2O2/c1-3-4-5-6-7-8-9-10-11-12-15-23-18-22(2)17-19(23)21(24)20-14-13-16-25-20;2-1-3/h13-14,16-17,21,24H,3-12,15,18H2,1-2H3;1H,(H,2,3). The monoisotopic (exact) mass is 394 g/mol. The zero-order valence-electron chi connectivity index (χ0n) is 17.6. The van der Waals surface area contributed by atoms with Gasteiger partial charge in [-0.2, -0.15) is 0 Å². The minimum atomic E-state index is -0.664. The predicted octanol–water partition coefficient (Wildman–Crippen LogP) is 4.98. The van der Waals surface area contributed by atoms with Crippen molar-refractivity contribution in [3.8, 4) is 0 Å². The topological polar surface area (TPSA) is 77.2 Å². The Labute approximate surface area is 169 Å². The summed E-state index contributed by atoms with van der Waals surface area (Å²) in [6, 6.07) is 3.66. The minimum Gasteiger partial charge on any atom is -0.483 e. The van der Waals surface area contributed by atoms with Crippen molar-refractivity contribution in [2.24, 2.45) is 0 Å². The average molecular weight is 395 g/mol. The van der Waals surface area contributed by atoms with Crippen molar-refractivity contribution < 1.29 is 19.4 Å². The smallest absolute Gasteiger partial charge is 0.290 e. The first-order chi connectivity index (χ1) is 13.6. The van der Waals surface area contributed by atoms with Crippen LogP contribution in [0.2, 0.25) is 0 Å². The molecule has 0 aromatic carbocycles. The Morgan fingerprint density at radius 2 is 1.68 bits per heavy atom. The van der Waals surface area contributed by atoms with Crippen LogP contribution < -0.4 is 0 Å². The molecule has 0 aliphatic carbocycles. The van der Waals surface area contributed by atoms with E-state index >= 15 is 0 Å². The molecule has 28 heavy (non-hydrogen) atoms. The summed E-state index contributed by atoms with van der Waals surface area (Å²) in [4.78, 5) is 12.8. The number of furan rings is 1. The van der Waals surface area contributed by atoms with Crippen molar-refractivity contribution in [3.63, 3.8) is 0 Å². The lowest BCUT2D eigenvalue weighted by Crippen LogP contribution is -2.28. The molecule has 1 unspecified atom stereocenters. The van der Waals surface area contributed by atoms with Gasteiger partial charge in [-0.1, -0.05) is 64.7 Å². The highest BCUT2D eigenvalue weighted by molar-refractivity contribution is 5.32. The van der Waals surface area contributed by atoms with Gasteiger partial charge in [0.25, 0.3) is 6.47 Å². The second kappa shape index (κ2) is 15.0. The predicted molar refractivity (Wildman–Crippen MR) is 112 cm³/mol. The first-order valence-electron chi connectivity index (χ1n) is 10.6. The minimum absolute atomic E-state index is 0.250. The summed E-state index contributed by atoms with van der Waals surface area (Å²) in [6.07, 6.45) is 16.5. The molecule has 2 N–H and O–H groups in total. The zero-order valence-corrected chi connectivity index (χ0v) is 17.6. The quantitative estimate of drug-likeness (QED) is 0.363. The van der Waals surface area contributed by atoms with Gasteiger partial charge in [0, 0.05) is 19.8 Å². The number of carbonyl (C=O) groups is 1. The highest BCUT2D eigenvalue weighted by atomic mass is 16.4. The highest BCUT2D eigenvalue weighted by Gasteiger charge is 2.26. The van der Waals surface area contributed by atoms with Gasteiger partial charge in [0.1, 0.15) is 5.76 Å². The summed E-state index contributed by atoms with van der Waals surface area (Å²) in [5.74, 6) is 0.620. The molecule has 0 radical (unpaired) electrons. The fraction of sp³-hybridized carbons (Fsp3) is 0.682. The number of unbranched alkanes of at least 4 members (excludes halogenated alkanes) is 9. The average Bonchev–Trinajstić information content (AvgIpc) is 3.33. The Kier molecular flexibility index (Phi) is 12.9. The van der Waals surface area contributed by atoms with Gasteiger partial charge < -0.3 is 24.4 Å². The summed E-state index contributed by atoms with van der Waals surface area (Å²) in [5.41, 5.74) is 0.952. The van der Waals surface area contributed by atoms with Crippen LogP contribution in [0.5, 0.6) is 0 Å². The van der Waals surface area contributed by atoms with E-state index in [2.05, 4.69) is 16.7 Å². The molecule has 160 valence electrons. The fourth-order valence-electron chi connectivity index (χ4n) is 3.53. The molecule has 1 aromatic rings. The summed E-state index contributed by atoms with van der Waals surface area (Å²) in [6.45, 7) is 3.88. The Morgan fingerprint density at radius 3 is 2.21 bits per heavy atom. The number of rotatable bonds is 13. The lowest BCUT2D eigenvalue weighted by atomic mass is 10.1. The van der Waals surface area contributed by atoms with Crippen molar-refractivity contribution in [1.29, 1.82) is 0 Å². The van der Waals surface area contributed by atoms with E-state index in [4.69, 9.17) is 14.3 Å². The van der Waals surface area contributed by atoms with Gasteiger partial charge in [-0.05, 0) is 18.6 Å². The van der Waals surface area contributed by atoms with Gasteiger partial charge in [0.15, 0.2) is 6.10 Å². The third kappa shape index (κ3) is 9.31. The van der Waals surface area contributed by atoms with Gasteiger partial charge in [0.05, 0.1) is 18.6 Å². The summed E-state index contributed by atoms with van der Waals surface area (Å²) >= 11 is 0. The molecule has 2 rings (SSSR count). The number of aliphatic hydroxyl groups is 1. The molecule has 6 nitrogen and oxygen atoms in total. The van der Waals surface area contributed by atoms with Crippen LogP contribution in [-0.2, 0) is 4.79 Å². The first-order valence-corrected chi connectivity index (χ1v) is 10.6. The molecule has 1 atom stereocenters. The van der Waals surface area contributed by atoms with Crippen LogP contribution in [0.15, 0.2) is 34.7 Å². The zero-order chi connectivity index (χ0) is 20.6. The van der Waals surface area contributed by atoms with E-state index in [9.17, 15) is 5.11 Å². The van der Waals surface area contributed by atoms with Crippen molar-refractivity contribution in [3.05, 3.63) is 36.1 Å². The molecule has 2 heterocycles. The van der Waals surface area contributed by atoms with Gasteiger partial charge in [-0.25, -0.2) is 0 Å². The van der Waals surface area contributed by atoms with E-state index in [-0.39, 0.29) is 6.47 Å². The lowest BCUT2D eigenvalue weighted by molar-refractivity contribution is -0.122. The van der Waals surface area contributed by atoms with Crippen molar-refractivity contribution in [1.82, 2.24) is 9.80 Å². The molecule has 0 spiro atoms. The first kappa shape index (κ1) is 24.1. The van der Waals surface area contributed by atoms with E-state index in [1.54, 1.807) is 6.26 Å². The molecule has 6 heteroatoms. The maximum absolute atomic E-state index is 10.5. The molecule has 1 aliphatic rings. The maximum atomic E-state index is 10.5. The summed E-state index contributed by atoms with van der Waals surface area (Å²) < 4.78 is 5.36. The largest absolute Gasteiger partial charge is 0.483 e. The van der Waals surface area contributed by atoms with E-state index in [0.717, 1.165) is 18.9 Å². The number of nitrogens with zero attached hydrogens (tertiary/aromatic N) is 2. The van der Waals surface area contributed by atoms with Gasteiger partial charge >= 0.3 is 0 Å². The van der Waals surface area contributed by atoms with Crippen LogP contribution in [0.25, 0.3) is 0 Å². The molecule has 0 saturated heterocycles. The van der Waals surface area contributed by atoms with Crippen LogP contribution in [0.3, 0.4) is 0 Å². The van der Waals surface area contributed by atoms with Crippen molar-refractivity contribution >= 4 is 6.47 Å². The normalized spacial score (nSPS) is 14.5. The third-order valence-electron chi connectivity index (χ3n) is 4.99. The van der Waals surface area contributed by atoms with Gasteiger partial charge in [-0.15, -0.1) is 0 Å². The SMILES string of the molecule is CCCCCCCCCCCCN1CN(C)C=C1C(O)c1ccco1.O=CO. The molecule has 0 saturated carbocycles. The molecule has 1 aromatic heterocycles. The Morgan fingerprint density at radius 1 is 1.11 bits per heavy atom.